The normalized spacial score (nSPS) is 19.9. The lowest BCUT2D eigenvalue weighted by Gasteiger charge is -2.32. The average molecular weight is 292 g/mol. The first kappa shape index (κ1) is 15.3. The Labute approximate surface area is 123 Å². The molecule has 114 valence electrons. The van der Waals surface area contributed by atoms with Gasteiger partial charge in [-0.2, -0.15) is 0 Å². The first-order chi connectivity index (χ1) is 10.1. The van der Waals surface area contributed by atoms with Crippen LogP contribution in [0.25, 0.3) is 0 Å². The van der Waals surface area contributed by atoms with Crippen LogP contribution in [0.15, 0.2) is 30.3 Å². The molecule has 1 aliphatic heterocycles. The number of carboxylic acids is 1. The molecule has 1 fully saturated rings. The molecular weight excluding hydrogens is 272 g/mol. The maximum atomic E-state index is 12.2. The molecule has 6 nitrogen and oxygen atoms in total. The van der Waals surface area contributed by atoms with Crippen LogP contribution in [-0.4, -0.2) is 46.8 Å². The second-order valence-corrected chi connectivity index (χ2v) is 5.27. The molecule has 2 rings (SSSR count). The van der Waals surface area contributed by atoms with Crippen molar-refractivity contribution in [3.63, 3.8) is 0 Å². The molecule has 6 heteroatoms. The van der Waals surface area contributed by atoms with Gasteiger partial charge in [0.2, 0.25) is 0 Å². The van der Waals surface area contributed by atoms with Crippen LogP contribution in [0.3, 0.4) is 0 Å². The largest absolute Gasteiger partial charge is 0.479 e. The van der Waals surface area contributed by atoms with Crippen LogP contribution >= 0.6 is 0 Å². The van der Waals surface area contributed by atoms with E-state index in [1.165, 1.54) is 0 Å². The number of nitrogens with zero attached hydrogens (tertiary/aromatic N) is 1. The van der Waals surface area contributed by atoms with Gasteiger partial charge in [-0.25, -0.2) is 9.59 Å². The van der Waals surface area contributed by atoms with Gasteiger partial charge >= 0.3 is 12.0 Å². The Morgan fingerprint density at radius 3 is 2.67 bits per heavy atom. The third-order valence-electron chi connectivity index (χ3n) is 3.71. The maximum absolute atomic E-state index is 12.2. The van der Waals surface area contributed by atoms with Gasteiger partial charge in [0.15, 0.2) is 6.04 Å². The summed E-state index contributed by atoms with van der Waals surface area (Å²) < 4.78 is 0. The summed E-state index contributed by atoms with van der Waals surface area (Å²) >= 11 is 0. The number of piperidine rings is 1. The first-order valence-corrected chi connectivity index (χ1v) is 7.06. The smallest absolute Gasteiger partial charge is 0.330 e. The molecule has 1 unspecified atom stereocenters. The second-order valence-electron chi connectivity index (χ2n) is 5.27. The number of likely N-dealkylation sites (tertiary alicyclic amines) is 1. The molecule has 0 aliphatic carbocycles. The highest BCUT2D eigenvalue weighted by molar-refractivity contribution is 5.83. The van der Waals surface area contributed by atoms with Crippen molar-refractivity contribution in [3.05, 3.63) is 35.9 Å². The number of urea groups is 1. The topological polar surface area (TPSA) is 89.9 Å². The third kappa shape index (κ3) is 3.95. The maximum Gasteiger partial charge on any atom is 0.330 e. The molecule has 1 aliphatic rings. The summed E-state index contributed by atoms with van der Waals surface area (Å²) in [7, 11) is 0. The van der Waals surface area contributed by atoms with Crippen molar-refractivity contribution in [2.24, 2.45) is 5.92 Å². The fourth-order valence-corrected chi connectivity index (χ4v) is 2.55. The van der Waals surface area contributed by atoms with E-state index in [4.69, 9.17) is 0 Å². The molecule has 0 spiro atoms. The van der Waals surface area contributed by atoms with E-state index < -0.39 is 18.0 Å². The molecular formula is C15H20N2O4. The van der Waals surface area contributed by atoms with E-state index >= 15 is 0 Å². The van der Waals surface area contributed by atoms with Crippen molar-refractivity contribution in [2.75, 3.05) is 19.7 Å². The zero-order valence-electron chi connectivity index (χ0n) is 11.7. The Morgan fingerprint density at radius 1 is 1.33 bits per heavy atom. The second kappa shape index (κ2) is 7.08. The highest BCUT2D eigenvalue weighted by Crippen LogP contribution is 2.18. The van der Waals surface area contributed by atoms with Crippen LogP contribution in [0.1, 0.15) is 24.4 Å². The lowest BCUT2D eigenvalue weighted by molar-refractivity contribution is -0.139. The SMILES string of the molecule is O=C(O)[C@H](NC(=O)N1CCCC(CO)C1)c1ccccc1. The number of hydrogen-bond donors (Lipinski definition) is 3. The molecule has 1 aromatic rings. The van der Waals surface area contributed by atoms with Gasteiger partial charge in [-0.1, -0.05) is 30.3 Å². The minimum absolute atomic E-state index is 0.0465. The molecule has 0 aromatic heterocycles. The summed E-state index contributed by atoms with van der Waals surface area (Å²) in [5.74, 6) is -1.02. The highest BCUT2D eigenvalue weighted by Gasteiger charge is 2.27. The molecule has 1 aromatic carbocycles. The van der Waals surface area contributed by atoms with Crippen LogP contribution in [-0.2, 0) is 4.79 Å². The van der Waals surface area contributed by atoms with Crippen LogP contribution < -0.4 is 5.32 Å². The van der Waals surface area contributed by atoms with E-state index in [0.717, 1.165) is 12.8 Å². The Bertz CT molecular complexity index is 492. The molecule has 0 saturated carbocycles. The number of carboxylic acid groups (broad SMARTS) is 1. The zero-order chi connectivity index (χ0) is 15.2. The molecule has 1 heterocycles. The number of hydrogen-bond acceptors (Lipinski definition) is 3. The van der Waals surface area contributed by atoms with Crippen molar-refractivity contribution in [1.29, 1.82) is 0 Å². The molecule has 2 atom stereocenters. The number of carbonyl (C=O) groups is 2. The fourth-order valence-electron chi connectivity index (χ4n) is 2.55. The average Bonchev–Trinajstić information content (AvgIpc) is 2.53. The fraction of sp³-hybridized carbons (Fsp3) is 0.467. The number of nitrogens with one attached hydrogen (secondary N) is 1. The lowest BCUT2D eigenvalue weighted by Crippen LogP contribution is -2.48. The summed E-state index contributed by atoms with van der Waals surface area (Å²) in [6.45, 7) is 1.09. The van der Waals surface area contributed by atoms with Gasteiger partial charge in [0, 0.05) is 19.7 Å². The lowest BCUT2D eigenvalue weighted by atomic mass is 9.99. The predicted molar refractivity (Wildman–Crippen MR) is 76.7 cm³/mol. The van der Waals surface area contributed by atoms with Crippen LogP contribution in [0.2, 0.25) is 0 Å². The standard InChI is InChI=1S/C15H20N2O4/c18-10-11-5-4-8-17(9-11)15(21)16-13(14(19)20)12-6-2-1-3-7-12/h1-3,6-7,11,13,18H,4-5,8-10H2,(H,16,21)(H,19,20)/t11?,13-/m1/s1. The van der Waals surface area contributed by atoms with Crippen molar-refractivity contribution in [1.82, 2.24) is 10.2 Å². The number of aliphatic hydroxyl groups is 1. The van der Waals surface area contributed by atoms with Crippen molar-refractivity contribution >= 4 is 12.0 Å². The quantitative estimate of drug-likeness (QED) is 0.778. The molecule has 21 heavy (non-hydrogen) atoms. The third-order valence-corrected chi connectivity index (χ3v) is 3.71. The summed E-state index contributed by atoms with van der Waals surface area (Å²) in [6.07, 6.45) is 1.71. The minimum atomic E-state index is -1.09. The molecule has 0 bridgehead atoms. The van der Waals surface area contributed by atoms with Crippen molar-refractivity contribution in [2.45, 2.75) is 18.9 Å². The zero-order valence-corrected chi connectivity index (χ0v) is 11.7. The van der Waals surface area contributed by atoms with E-state index in [1.807, 2.05) is 0 Å². The van der Waals surface area contributed by atoms with Crippen molar-refractivity contribution < 1.29 is 19.8 Å². The Morgan fingerprint density at radius 2 is 2.05 bits per heavy atom. The monoisotopic (exact) mass is 292 g/mol. The first-order valence-electron chi connectivity index (χ1n) is 7.06. The molecule has 0 radical (unpaired) electrons. The van der Waals surface area contributed by atoms with E-state index in [1.54, 1.807) is 35.2 Å². The van der Waals surface area contributed by atoms with Gasteiger partial charge in [-0.3, -0.25) is 0 Å². The summed E-state index contributed by atoms with van der Waals surface area (Å²) in [4.78, 5) is 25.2. The van der Waals surface area contributed by atoms with Crippen LogP contribution in [0.4, 0.5) is 4.79 Å². The van der Waals surface area contributed by atoms with Gasteiger partial charge in [0.1, 0.15) is 0 Å². The van der Waals surface area contributed by atoms with Crippen LogP contribution in [0, 0.1) is 5.92 Å². The van der Waals surface area contributed by atoms with Crippen LogP contribution in [0.5, 0.6) is 0 Å². The van der Waals surface area contributed by atoms with E-state index in [9.17, 15) is 19.8 Å². The van der Waals surface area contributed by atoms with Gasteiger partial charge in [0.25, 0.3) is 0 Å². The summed E-state index contributed by atoms with van der Waals surface area (Å²) in [6, 6.07) is 7.15. The Kier molecular flexibility index (Phi) is 5.16. The highest BCUT2D eigenvalue weighted by atomic mass is 16.4. The molecule has 1 saturated heterocycles. The number of rotatable bonds is 4. The summed E-state index contributed by atoms with van der Waals surface area (Å²) in [5, 5.41) is 21.0. The minimum Gasteiger partial charge on any atom is -0.479 e. The number of benzene rings is 1. The number of amides is 2. The Balaban J connectivity index is 2.03. The Hall–Kier alpha value is -2.08. The van der Waals surface area contributed by atoms with Gasteiger partial charge < -0.3 is 20.4 Å². The van der Waals surface area contributed by atoms with E-state index in [-0.39, 0.29) is 12.5 Å². The van der Waals surface area contributed by atoms with Gasteiger partial charge in [-0.15, -0.1) is 0 Å². The number of aliphatic hydroxyl groups excluding tert-OH is 1. The number of carbonyl (C=O) groups excluding carboxylic acids is 1. The summed E-state index contributed by atoms with van der Waals surface area (Å²) in [5.41, 5.74) is 0.536. The van der Waals surface area contributed by atoms with E-state index in [2.05, 4.69) is 5.32 Å². The molecule has 2 amide bonds. The van der Waals surface area contributed by atoms with Gasteiger partial charge in [-0.05, 0) is 24.3 Å². The van der Waals surface area contributed by atoms with Crippen molar-refractivity contribution in [3.8, 4) is 0 Å². The predicted octanol–water partition coefficient (Wildman–Crippen LogP) is 1.23. The van der Waals surface area contributed by atoms with E-state index in [0.29, 0.717) is 18.7 Å². The van der Waals surface area contributed by atoms with Gasteiger partial charge in [0.05, 0.1) is 0 Å². The number of aliphatic carboxylic acids is 1. The molecule has 3 N–H and O–H groups in total.